The maximum Gasteiger partial charge on any atom is 0.221 e. The van der Waals surface area contributed by atoms with Crippen molar-refractivity contribution in [3.05, 3.63) is 29.8 Å². The molecule has 1 amide bonds. The molecule has 0 aliphatic heterocycles. The van der Waals surface area contributed by atoms with Gasteiger partial charge in [-0.3, -0.25) is 4.79 Å². The Morgan fingerprint density at radius 1 is 1.37 bits per heavy atom. The van der Waals surface area contributed by atoms with Crippen LogP contribution < -0.4 is 10.6 Å². The van der Waals surface area contributed by atoms with Crippen LogP contribution in [0.25, 0.3) is 0 Å². The number of nitrogens with one attached hydrogen (secondary N) is 2. The van der Waals surface area contributed by atoms with E-state index in [2.05, 4.69) is 36.8 Å². The molecular weight excluding hydrogens is 256 g/mol. The Labute approximate surface area is 120 Å². The standard InChI is InChI=1S/C15H24N2OS/c1-11(8-9-19-4)16-12(2)14-6-5-7-15(10-14)17-13(3)18/h5-7,10-12,16H,8-9H2,1-4H3,(H,17,18)/t11-,12+/m0/s1. The largest absolute Gasteiger partial charge is 0.326 e. The topological polar surface area (TPSA) is 41.1 Å². The molecule has 0 spiro atoms. The summed E-state index contributed by atoms with van der Waals surface area (Å²) in [7, 11) is 0. The van der Waals surface area contributed by atoms with Crippen LogP contribution in [0.15, 0.2) is 24.3 Å². The number of thioether (sulfide) groups is 1. The van der Waals surface area contributed by atoms with Crippen LogP contribution >= 0.6 is 11.8 Å². The van der Waals surface area contributed by atoms with Gasteiger partial charge in [0.25, 0.3) is 0 Å². The highest BCUT2D eigenvalue weighted by atomic mass is 32.2. The van der Waals surface area contributed by atoms with Crippen LogP contribution in [0.4, 0.5) is 5.69 Å². The van der Waals surface area contributed by atoms with Gasteiger partial charge in [-0.05, 0) is 50.0 Å². The van der Waals surface area contributed by atoms with E-state index in [1.165, 1.54) is 18.2 Å². The van der Waals surface area contributed by atoms with Gasteiger partial charge in [-0.15, -0.1) is 0 Å². The minimum atomic E-state index is -0.0360. The normalized spacial score (nSPS) is 13.9. The Kier molecular flexibility index (Phi) is 6.95. The van der Waals surface area contributed by atoms with Crippen LogP contribution in [-0.2, 0) is 4.79 Å². The maximum absolute atomic E-state index is 11.1. The molecule has 0 aliphatic carbocycles. The zero-order valence-electron chi connectivity index (χ0n) is 12.2. The zero-order chi connectivity index (χ0) is 14.3. The number of rotatable bonds is 7. The van der Waals surface area contributed by atoms with Gasteiger partial charge in [0.05, 0.1) is 0 Å². The van der Waals surface area contributed by atoms with E-state index in [1.54, 1.807) is 0 Å². The van der Waals surface area contributed by atoms with E-state index < -0.39 is 0 Å². The second-order valence-electron chi connectivity index (χ2n) is 4.88. The molecule has 0 saturated heterocycles. The molecule has 0 radical (unpaired) electrons. The summed E-state index contributed by atoms with van der Waals surface area (Å²) in [5, 5.41) is 6.40. The first-order valence-electron chi connectivity index (χ1n) is 6.65. The molecule has 0 aliphatic rings. The summed E-state index contributed by atoms with van der Waals surface area (Å²) in [6.07, 6.45) is 3.30. The van der Waals surface area contributed by atoms with Crippen molar-refractivity contribution >= 4 is 23.4 Å². The van der Waals surface area contributed by atoms with Crippen molar-refractivity contribution in [3.63, 3.8) is 0 Å². The lowest BCUT2D eigenvalue weighted by Crippen LogP contribution is -2.29. The highest BCUT2D eigenvalue weighted by molar-refractivity contribution is 7.98. The number of hydrogen-bond acceptors (Lipinski definition) is 3. The third-order valence-electron chi connectivity index (χ3n) is 3.00. The fourth-order valence-electron chi connectivity index (χ4n) is 1.99. The molecule has 1 rings (SSSR count). The predicted octanol–water partition coefficient (Wildman–Crippen LogP) is 3.44. The molecule has 0 bridgehead atoms. The van der Waals surface area contributed by atoms with Crippen molar-refractivity contribution < 1.29 is 4.79 Å². The van der Waals surface area contributed by atoms with Crippen LogP contribution in [0.1, 0.15) is 38.8 Å². The van der Waals surface area contributed by atoms with E-state index in [0.717, 1.165) is 12.1 Å². The smallest absolute Gasteiger partial charge is 0.221 e. The molecule has 2 N–H and O–H groups in total. The molecule has 1 aromatic rings. The molecule has 3 nitrogen and oxygen atoms in total. The Morgan fingerprint density at radius 3 is 2.74 bits per heavy atom. The summed E-state index contributed by atoms with van der Waals surface area (Å²) in [5.41, 5.74) is 2.05. The summed E-state index contributed by atoms with van der Waals surface area (Å²) in [6, 6.07) is 8.78. The van der Waals surface area contributed by atoms with E-state index >= 15 is 0 Å². The number of benzene rings is 1. The van der Waals surface area contributed by atoms with Crippen molar-refractivity contribution in [1.29, 1.82) is 0 Å². The van der Waals surface area contributed by atoms with E-state index in [1.807, 2.05) is 30.0 Å². The van der Waals surface area contributed by atoms with Crippen LogP contribution in [0.5, 0.6) is 0 Å². The summed E-state index contributed by atoms with van der Waals surface area (Å²) in [6.45, 7) is 5.89. The molecule has 0 fully saturated rings. The first kappa shape index (κ1) is 16.1. The second kappa shape index (κ2) is 8.23. The van der Waals surface area contributed by atoms with E-state index in [4.69, 9.17) is 0 Å². The van der Waals surface area contributed by atoms with Crippen LogP contribution in [0, 0.1) is 0 Å². The second-order valence-corrected chi connectivity index (χ2v) is 5.86. The van der Waals surface area contributed by atoms with Crippen LogP contribution in [0.3, 0.4) is 0 Å². The summed E-state index contributed by atoms with van der Waals surface area (Å²) in [5.74, 6) is 1.14. The van der Waals surface area contributed by atoms with E-state index in [0.29, 0.717) is 6.04 Å². The molecule has 0 unspecified atom stereocenters. The molecular formula is C15H24N2OS. The van der Waals surface area contributed by atoms with Gasteiger partial charge >= 0.3 is 0 Å². The lowest BCUT2D eigenvalue weighted by atomic mass is 10.1. The first-order valence-corrected chi connectivity index (χ1v) is 8.05. The quantitative estimate of drug-likeness (QED) is 0.804. The third-order valence-corrected chi connectivity index (χ3v) is 3.64. The maximum atomic E-state index is 11.1. The van der Waals surface area contributed by atoms with Crippen molar-refractivity contribution in [2.75, 3.05) is 17.3 Å². The molecule has 0 aromatic heterocycles. The van der Waals surface area contributed by atoms with Gasteiger partial charge in [0.1, 0.15) is 0 Å². The van der Waals surface area contributed by atoms with Crippen LogP contribution in [0.2, 0.25) is 0 Å². The highest BCUT2D eigenvalue weighted by Crippen LogP contribution is 2.18. The van der Waals surface area contributed by atoms with E-state index in [-0.39, 0.29) is 11.9 Å². The SMILES string of the molecule is CSCC[C@H](C)N[C@H](C)c1cccc(NC(C)=O)c1. The Morgan fingerprint density at radius 2 is 2.11 bits per heavy atom. The molecule has 2 atom stereocenters. The van der Waals surface area contributed by atoms with Gasteiger partial charge in [-0.2, -0.15) is 11.8 Å². The minimum absolute atomic E-state index is 0.0360. The zero-order valence-corrected chi connectivity index (χ0v) is 13.0. The Balaban J connectivity index is 2.60. The summed E-state index contributed by atoms with van der Waals surface area (Å²) < 4.78 is 0. The lowest BCUT2D eigenvalue weighted by molar-refractivity contribution is -0.114. The Bertz CT molecular complexity index is 409. The molecule has 19 heavy (non-hydrogen) atoms. The molecule has 4 heteroatoms. The van der Waals surface area contributed by atoms with Crippen molar-refractivity contribution in [2.45, 2.75) is 39.3 Å². The highest BCUT2D eigenvalue weighted by Gasteiger charge is 2.09. The van der Waals surface area contributed by atoms with E-state index in [9.17, 15) is 4.79 Å². The molecule has 0 heterocycles. The van der Waals surface area contributed by atoms with Crippen molar-refractivity contribution in [1.82, 2.24) is 5.32 Å². The lowest BCUT2D eigenvalue weighted by Gasteiger charge is -2.20. The first-order chi connectivity index (χ1) is 9.02. The average Bonchev–Trinajstić information content (AvgIpc) is 2.35. The number of amides is 1. The third kappa shape index (κ3) is 6.12. The van der Waals surface area contributed by atoms with Gasteiger partial charge in [0.2, 0.25) is 5.91 Å². The van der Waals surface area contributed by atoms with Gasteiger partial charge in [0.15, 0.2) is 0 Å². The van der Waals surface area contributed by atoms with Gasteiger partial charge < -0.3 is 10.6 Å². The molecule has 1 aromatic carbocycles. The predicted molar refractivity (Wildman–Crippen MR) is 84.8 cm³/mol. The van der Waals surface area contributed by atoms with Crippen molar-refractivity contribution in [3.8, 4) is 0 Å². The number of hydrogen-bond donors (Lipinski definition) is 2. The fraction of sp³-hybridized carbons (Fsp3) is 0.533. The molecule has 0 saturated carbocycles. The monoisotopic (exact) mass is 280 g/mol. The number of carbonyl (C=O) groups excluding carboxylic acids is 1. The molecule has 106 valence electrons. The minimum Gasteiger partial charge on any atom is -0.326 e. The van der Waals surface area contributed by atoms with Crippen molar-refractivity contribution in [2.24, 2.45) is 0 Å². The summed E-state index contributed by atoms with van der Waals surface area (Å²) in [4.78, 5) is 11.1. The van der Waals surface area contributed by atoms with Gasteiger partial charge in [-0.25, -0.2) is 0 Å². The van der Waals surface area contributed by atoms with Gasteiger partial charge in [-0.1, -0.05) is 12.1 Å². The Hall–Kier alpha value is -1.00. The number of anilines is 1. The summed E-state index contributed by atoms with van der Waals surface area (Å²) >= 11 is 1.87. The van der Waals surface area contributed by atoms with Crippen LogP contribution in [-0.4, -0.2) is 24.0 Å². The number of carbonyl (C=O) groups is 1. The fourth-order valence-corrected chi connectivity index (χ4v) is 2.58. The average molecular weight is 280 g/mol. The van der Waals surface area contributed by atoms with Gasteiger partial charge in [0, 0.05) is 24.7 Å².